The zero-order chi connectivity index (χ0) is 22.5. The number of fused-ring (bicyclic) bond motifs is 3. The van der Waals surface area contributed by atoms with E-state index in [1.165, 1.54) is 4.90 Å². The lowest BCUT2D eigenvalue weighted by Gasteiger charge is -2.40. The molecule has 0 saturated carbocycles. The van der Waals surface area contributed by atoms with Crippen molar-refractivity contribution in [2.75, 3.05) is 16.4 Å². The van der Waals surface area contributed by atoms with Crippen LogP contribution in [0.3, 0.4) is 0 Å². The number of anilines is 1. The van der Waals surface area contributed by atoms with E-state index in [-0.39, 0.29) is 12.1 Å². The van der Waals surface area contributed by atoms with Gasteiger partial charge in [0.15, 0.2) is 0 Å². The van der Waals surface area contributed by atoms with Crippen LogP contribution in [-0.2, 0) is 19.4 Å². The van der Waals surface area contributed by atoms with Gasteiger partial charge in [-0.05, 0) is 44.7 Å². The van der Waals surface area contributed by atoms with Gasteiger partial charge in [0, 0.05) is 35.6 Å². The maximum absolute atomic E-state index is 11.9. The summed E-state index contributed by atoms with van der Waals surface area (Å²) < 4.78 is 22.4. The third-order valence-electron chi connectivity index (χ3n) is 6.66. The molecule has 2 aliphatic rings. The highest BCUT2D eigenvalue weighted by Gasteiger charge is 2.32. The molecule has 5 rings (SSSR count). The van der Waals surface area contributed by atoms with Crippen LogP contribution >= 0.6 is 10.6 Å². The summed E-state index contributed by atoms with van der Waals surface area (Å²) in [5.74, 6) is 1.69. The van der Waals surface area contributed by atoms with E-state index in [4.69, 9.17) is 4.98 Å². The van der Waals surface area contributed by atoms with E-state index in [9.17, 15) is 19.0 Å². The molecule has 2 aromatic heterocycles. The van der Waals surface area contributed by atoms with Crippen molar-refractivity contribution < 1.29 is 19.0 Å². The Bertz CT molecular complexity index is 1140. The normalized spacial score (nSPS) is 22.1. The second kappa shape index (κ2) is 8.05. The van der Waals surface area contributed by atoms with Crippen molar-refractivity contribution >= 4 is 33.4 Å². The Morgan fingerprint density at radius 1 is 1.16 bits per heavy atom. The number of aromatic nitrogens is 5. The molecule has 2 aliphatic heterocycles. The first-order chi connectivity index (χ1) is 15.3. The summed E-state index contributed by atoms with van der Waals surface area (Å²) in [6.45, 7) is 2.52. The Morgan fingerprint density at radius 3 is 2.56 bits per heavy atom. The Morgan fingerprint density at radius 2 is 1.88 bits per heavy atom. The maximum Gasteiger partial charge on any atom is 0.412 e. The van der Waals surface area contributed by atoms with Crippen LogP contribution in [0.1, 0.15) is 43.6 Å². The van der Waals surface area contributed by atoms with Gasteiger partial charge in [-0.3, -0.25) is 14.0 Å². The van der Waals surface area contributed by atoms with E-state index >= 15 is 0 Å². The SMILES string of the molecule is CC1CCc2c(ccc3c2nc(CCn2nccn2)n3C2CCS(O)(O)CC2)N1C(=O)O. The first kappa shape index (κ1) is 21.2. The molecule has 11 heteroatoms. The minimum Gasteiger partial charge on any atom is -0.465 e. The minimum atomic E-state index is -2.49. The quantitative estimate of drug-likeness (QED) is 0.540. The third-order valence-corrected chi connectivity index (χ3v) is 8.44. The van der Waals surface area contributed by atoms with Gasteiger partial charge in [0.2, 0.25) is 0 Å². The second-order valence-corrected chi connectivity index (χ2v) is 11.1. The van der Waals surface area contributed by atoms with Crippen LogP contribution in [0, 0.1) is 0 Å². The van der Waals surface area contributed by atoms with Crippen LogP contribution in [0.5, 0.6) is 0 Å². The van der Waals surface area contributed by atoms with E-state index in [2.05, 4.69) is 14.8 Å². The number of carbonyl (C=O) groups is 1. The molecule has 1 unspecified atom stereocenters. The van der Waals surface area contributed by atoms with Crippen LogP contribution in [0.25, 0.3) is 11.0 Å². The van der Waals surface area contributed by atoms with Gasteiger partial charge in [0.1, 0.15) is 5.82 Å². The topological polar surface area (TPSA) is 130 Å². The summed E-state index contributed by atoms with van der Waals surface area (Å²) in [7, 11) is -2.49. The molecule has 3 aromatic rings. The Hall–Kier alpha value is -2.63. The first-order valence-electron chi connectivity index (χ1n) is 11.0. The standard InChI is InChI=1S/C21H28N6O4S/c1-14-2-3-16-17(26(14)21(28)29)4-5-18-20(16)24-19(6-11-25-22-9-10-23-25)27(18)15-7-12-32(30,31)13-8-15/h4-5,9-10,14-15,30-31H,2-3,6-8,11-13H2,1H3,(H,28,29). The number of hydrogen-bond donors (Lipinski definition) is 3. The van der Waals surface area contributed by atoms with Crippen molar-refractivity contribution in [3.05, 3.63) is 35.9 Å². The van der Waals surface area contributed by atoms with Gasteiger partial charge in [0.25, 0.3) is 0 Å². The van der Waals surface area contributed by atoms with Crippen LogP contribution in [0.15, 0.2) is 24.5 Å². The van der Waals surface area contributed by atoms with Gasteiger partial charge in [-0.25, -0.2) is 9.78 Å². The maximum atomic E-state index is 11.9. The number of carboxylic acid groups (broad SMARTS) is 1. The van der Waals surface area contributed by atoms with E-state index in [1.54, 1.807) is 17.2 Å². The number of nitrogens with zero attached hydrogens (tertiary/aromatic N) is 6. The number of amides is 1. The second-order valence-electron chi connectivity index (χ2n) is 8.69. The zero-order valence-corrected chi connectivity index (χ0v) is 18.8. The van der Waals surface area contributed by atoms with Crippen molar-refractivity contribution in [1.82, 2.24) is 24.5 Å². The van der Waals surface area contributed by atoms with Crippen LogP contribution < -0.4 is 4.90 Å². The molecule has 0 bridgehead atoms. The van der Waals surface area contributed by atoms with Crippen LogP contribution in [0.2, 0.25) is 0 Å². The molecular weight excluding hydrogens is 432 g/mol. The molecule has 1 fully saturated rings. The van der Waals surface area contributed by atoms with E-state index in [0.717, 1.165) is 35.3 Å². The lowest BCUT2D eigenvalue weighted by Crippen LogP contribution is -2.41. The molecule has 1 saturated heterocycles. The summed E-state index contributed by atoms with van der Waals surface area (Å²) >= 11 is 0. The van der Waals surface area contributed by atoms with E-state index in [0.29, 0.717) is 43.0 Å². The molecule has 4 heterocycles. The lowest BCUT2D eigenvalue weighted by molar-refractivity contribution is 0.198. The molecule has 0 radical (unpaired) electrons. The summed E-state index contributed by atoms with van der Waals surface area (Å²) in [4.78, 5) is 20.0. The summed E-state index contributed by atoms with van der Waals surface area (Å²) in [5, 5.41) is 18.1. The van der Waals surface area contributed by atoms with Gasteiger partial charge in [-0.1, -0.05) is 0 Å². The highest BCUT2D eigenvalue weighted by atomic mass is 32.3. The molecule has 1 amide bonds. The van der Waals surface area contributed by atoms with Crippen molar-refractivity contribution in [2.45, 2.75) is 57.7 Å². The molecule has 1 aromatic carbocycles. The lowest BCUT2D eigenvalue weighted by atomic mass is 9.95. The van der Waals surface area contributed by atoms with Gasteiger partial charge in [-0.2, -0.15) is 25.6 Å². The predicted molar refractivity (Wildman–Crippen MR) is 123 cm³/mol. The summed E-state index contributed by atoms with van der Waals surface area (Å²) in [5.41, 5.74) is 3.52. The smallest absolute Gasteiger partial charge is 0.412 e. The highest BCUT2D eigenvalue weighted by molar-refractivity contribution is 8.24. The number of imidazole rings is 1. The first-order valence-corrected chi connectivity index (χ1v) is 12.8. The Balaban J connectivity index is 1.59. The Labute approximate surface area is 187 Å². The molecule has 0 aliphatic carbocycles. The van der Waals surface area contributed by atoms with E-state index < -0.39 is 16.7 Å². The van der Waals surface area contributed by atoms with Crippen LogP contribution in [-0.4, -0.2) is 62.4 Å². The van der Waals surface area contributed by atoms with Gasteiger partial charge < -0.3 is 9.67 Å². The fourth-order valence-corrected chi connectivity index (χ4v) is 6.54. The van der Waals surface area contributed by atoms with Gasteiger partial charge in [-0.15, -0.1) is 0 Å². The molecule has 1 atom stereocenters. The molecule has 3 N–H and O–H groups in total. The largest absolute Gasteiger partial charge is 0.465 e. The van der Waals surface area contributed by atoms with E-state index in [1.807, 2.05) is 19.1 Å². The number of benzene rings is 1. The molecule has 0 spiro atoms. The fourth-order valence-electron chi connectivity index (χ4n) is 5.03. The van der Waals surface area contributed by atoms with Gasteiger partial charge >= 0.3 is 6.09 Å². The zero-order valence-electron chi connectivity index (χ0n) is 18.0. The number of aryl methyl sites for hydroxylation is 3. The minimum absolute atomic E-state index is 0.0755. The van der Waals surface area contributed by atoms with Crippen molar-refractivity contribution in [3.63, 3.8) is 0 Å². The fraction of sp³-hybridized carbons (Fsp3) is 0.524. The third kappa shape index (κ3) is 3.74. The Kier molecular flexibility index (Phi) is 5.34. The summed E-state index contributed by atoms with van der Waals surface area (Å²) in [6, 6.07) is 3.91. The molecule has 172 valence electrons. The van der Waals surface area contributed by atoms with Crippen LogP contribution in [0.4, 0.5) is 10.5 Å². The van der Waals surface area contributed by atoms with Crippen molar-refractivity contribution in [1.29, 1.82) is 0 Å². The molecule has 32 heavy (non-hydrogen) atoms. The molecular formula is C21H28N6O4S. The predicted octanol–water partition coefficient (Wildman–Crippen LogP) is 3.78. The average molecular weight is 461 g/mol. The number of hydrogen-bond acceptors (Lipinski definition) is 6. The van der Waals surface area contributed by atoms with Crippen molar-refractivity contribution in [2.24, 2.45) is 0 Å². The highest BCUT2D eigenvalue weighted by Crippen LogP contribution is 2.48. The summed E-state index contributed by atoms with van der Waals surface area (Å²) in [6.07, 6.45) is 5.86. The monoisotopic (exact) mass is 460 g/mol. The average Bonchev–Trinajstić information content (AvgIpc) is 3.39. The van der Waals surface area contributed by atoms with Crippen molar-refractivity contribution in [3.8, 4) is 0 Å². The number of rotatable bonds is 4. The molecule has 10 nitrogen and oxygen atoms in total. The van der Waals surface area contributed by atoms with Gasteiger partial charge in [0.05, 0.1) is 35.7 Å².